The fourth-order valence-corrected chi connectivity index (χ4v) is 8.85. The molecule has 0 amide bonds. The molecule has 56 heavy (non-hydrogen) atoms. The second-order valence-electron chi connectivity index (χ2n) is 14.9. The van der Waals surface area contributed by atoms with Gasteiger partial charge in [0.05, 0.1) is 11.0 Å². The Balaban J connectivity index is 1.14. The van der Waals surface area contributed by atoms with Gasteiger partial charge in [0.1, 0.15) is 0 Å². The standard InChI is InChI=1S/C51H37N5/c1-7-17-36(18-8-1)48-52-49(37-19-9-2-10-20-37)54-50(53-48)56-44-27-25-38(32-42(44)47-41-23-13-3-6-16-35(41)24-29-46(47)56)39-26-28-45-43(33-39)51(30-14-5-15-31-51)34-55(45)40-21-11-4-12-22-40/h1-2,4-30,32-33H,3,31,34H2. The summed E-state index contributed by atoms with van der Waals surface area (Å²) in [5, 5.41) is 2.36. The van der Waals surface area contributed by atoms with E-state index in [-0.39, 0.29) is 5.41 Å². The number of allylic oxidation sites excluding steroid dienone is 5. The molecule has 3 heterocycles. The minimum atomic E-state index is -0.0872. The molecule has 1 atom stereocenters. The Hall–Kier alpha value is -7.11. The van der Waals surface area contributed by atoms with Gasteiger partial charge in [-0.2, -0.15) is 9.97 Å². The smallest absolute Gasteiger partial charge is 0.238 e. The normalized spacial score (nSPS) is 16.8. The van der Waals surface area contributed by atoms with E-state index in [2.05, 4.69) is 161 Å². The Bertz CT molecular complexity index is 2880. The average Bonchev–Trinajstić information content (AvgIpc) is 3.64. The maximum Gasteiger partial charge on any atom is 0.238 e. The molecule has 1 spiro atoms. The molecule has 2 aromatic heterocycles. The minimum absolute atomic E-state index is 0.0872. The molecule has 0 bridgehead atoms. The zero-order chi connectivity index (χ0) is 37.1. The number of fused-ring (bicyclic) bond motifs is 7. The van der Waals surface area contributed by atoms with Gasteiger partial charge in [0.2, 0.25) is 5.95 Å². The average molecular weight is 720 g/mol. The number of hydrogen-bond donors (Lipinski definition) is 0. The highest BCUT2D eigenvalue weighted by atomic mass is 15.2. The van der Waals surface area contributed by atoms with Crippen molar-refractivity contribution in [3.8, 4) is 39.9 Å². The van der Waals surface area contributed by atoms with Gasteiger partial charge in [-0.1, -0.05) is 146 Å². The lowest BCUT2D eigenvalue weighted by molar-refractivity contribution is 0.579. The molecule has 0 saturated carbocycles. The Morgan fingerprint density at radius 1 is 0.554 bits per heavy atom. The summed E-state index contributed by atoms with van der Waals surface area (Å²) >= 11 is 0. The first-order valence-corrected chi connectivity index (χ1v) is 19.4. The quantitative estimate of drug-likeness (QED) is 0.178. The maximum atomic E-state index is 5.19. The third-order valence-electron chi connectivity index (χ3n) is 11.6. The number of para-hydroxylation sites is 1. The molecule has 0 N–H and O–H groups in total. The number of anilines is 2. The lowest BCUT2D eigenvalue weighted by Crippen LogP contribution is -2.30. The molecule has 11 rings (SSSR count). The number of aromatic nitrogens is 4. The van der Waals surface area contributed by atoms with Crippen LogP contribution in [0.1, 0.15) is 29.5 Å². The van der Waals surface area contributed by atoms with Crippen LogP contribution < -0.4 is 4.90 Å². The number of benzene rings is 6. The van der Waals surface area contributed by atoms with Crippen molar-refractivity contribution in [2.75, 3.05) is 11.4 Å². The van der Waals surface area contributed by atoms with E-state index >= 15 is 0 Å². The third kappa shape index (κ3) is 5.27. The molecule has 0 fully saturated rings. The van der Waals surface area contributed by atoms with E-state index in [0.29, 0.717) is 17.6 Å². The van der Waals surface area contributed by atoms with Crippen LogP contribution in [0, 0.1) is 0 Å². The van der Waals surface area contributed by atoms with Gasteiger partial charge in [0.15, 0.2) is 11.6 Å². The fourth-order valence-electron chi connectivity index (χ4n) is 8.85. The highest BCUT2D eigenvalue weighted by Gasteiger charge is 2.41. The highest BCUT2D eigenvalue weighted by molar-refractivity contribution is 6.15. The summed E-state index contributed by atoms with van der Waals surface area (Å²) in [7, 11) is 0. The summed E-state index contributed by atoms with van der Waals surface area (Å²) in [4.78, 5) is 17.9. The molecule has 3 aliphatic rings. The molecule has 1 aliphatic heterocycles. The van der Waals surface area contributed by atoms with Crippen molar-refractivity contribution < 1.29 is 0 Å². The van der Waals surface area contributed by atoms with Crippen LogP contribution in [0.3, 0.4) is 0 Å². The first-order valence-electron chi connectivity index (χ1n) is 19.4. The van der Waals surface area contributed by atoms with Crippen LogP contribution in [0.2, 0.25) is 0 Å². The zero-order valence-electron chi connectivity index (χ0n) is 30.8. The van der Waals surface area contributed by atoms with Crippen molar-refractivity contribution in [1.82, 2.24) is 19.5 Å². The predicted molar refractivity (Wildman–Crippen MR) is 231 cm³/mol. The van der Waals surface area contributed by atoms with Crippen LogP contribution in [0.5, 0.6) is 0 Å². The fraction of sp³-hybridized carbons (Fsp3) is 0.0784. The van der Waals surface area contributed by atoms with Crippen molar-refractivity contribution in [2.45, 2.75) is 18.3 Å². The van der Waals surface area contributed by atoms with Gasteiger partial charge in [-0.05, 0) is 83.1 Å². The van der Waals surface area contributed by atoms with Crippen LogP contribution in [0.4, 0.5) is 11.4 Å². The van der Waals surface area contributed by atoms with Gasteiger partial charge in [-0.3, -0.25) is 4.57 Å². The Labute approximate surface area is 326 Å². The molecule has 0 saturated heterocycles. The second-order valence-corrected chi connectivity index (χ2v) is 14.9. The van der Waals surface area contributed by atoms with Gasteiger partial charge < -0.3 is 4.90 Å². The summed E-state index contributed by atoms with van der Waals surface area (Å²) in [6, 6.07) is 49.6. The summed E-state index contributed by atoms with van der Waals surface area (Å²) in [5.41, 5.74) is 12.6. The van der Waals surface area contributed by atoms with E-state index in [1.54, 1.807) is 0 Å². The Morgan fingerprint density at radius 3 is 1.96 bits per heavy atom. The summed E-state index contributed by atoms with van der Waals surface area (Å²) in [5.74, 6) is 1.87. The van der Waals surface area contributed by atoms with Crippen molar-refractivity contribution in [2.24, 2.45) is 0 Å². The highest BCUT2D eigenvalue weighted by Crippen LogP contribution is 2.50. The van der Waals surface area contributed by atoms with Gasteiger partial charge >= 0.3 is 0 Å². The van der Waals surface area contributed by atoms with Gasteiger partial charge in [0.25, 0.3) is 0 Å². The van der Waals surface area contributed by atoms with Crippen molar-refractivity contribution in [1.29, 1.82) is 0 Å². The first-order chi connectivity index (χ1) is 27.7. The largest absolute Gasteiger partial charge is 0.340 e. The van der Waals surface area contributed by atoms with Crippen molar-refractivity contribution >= 4 is 45.3 Å². The van der Waals surface area contributed by atoms with Crippen LogP contribution in [-0.4, -0.2) is 26.1 Å². The molecule has 8 aromatic rings. The molecule has 0 radical (unpaired) electrons. The topological polar surface area (TPSA) is 46.8 Å². The summed E-state index contributed by atoms with van der Waals surface area (Å²) < 4.78 is 2.23. The molecule has 2 aliphatic carbocycles. The summed E-state index contributed by atoms with van der Waals surface area (Å²) in [6.45, 7) is 0.914. The monoisotopic (exact) mass is 719 g/mol. The van der Waals surface area contributed by atoms with Gasteiger partial charge in [-0.25, -0.2) is 4.98 Å². The van der Waals surface area contributed by atoms with Gasteiger partial charge in [-0.15, -0.1) is 0 Å². The SMILES string of the molecule is C1=CCC2(C=C1)CN(c1ccccc1)c1ccc(-c3ccc4c(c3)c3c5c(ccc3n4-c3nc(-c4ccccc4)nc(-c4ccccc4)n3)C=CCC=C5)cc12. The molecule has 5 nitrogen and oxygen atoms in total. The summed E-state index contributed by atoms with van der Waals surface area (Å²) in [6.07, 6.45) is 20.0. The Morgan fingerprint density at radius 2 is 1.23 bits per heavy atom. The van der Waals surface area contributed by atoms with Crippen LogP contribution in [-0.2, 0) is 5.41 Å². The van der Waals surface area contributed by atoms with Crippen LogP contribution in [0.15, 0.2) is 176 Å². The van der Waals surface area contributed by atoms with Crippen molar-refractivity contribution in [3.63, 3.8) is 0 Å². The zero-order valence-corrected chi connectivity index (χ0v) is 30.8. The molecule has 5 heteroatoms. The van der Waals surface area contributed by atoms with E-state index in [1.165, 1.54) is 50.0 Å². The number of nitrogens with zero attached hydrogens (tertiary/aromatic N) is 5. The molecular formula is C51H37N5. The lowest BCUT2D eigenvalue weighted by Gasteiger charge is -2.28. The molecule has 6 aromatic carbocycles. The van der Waals surface area contributed by atoms with Crippen molar-refractivity contribution in [3.05, 3.63) is 193 Å². The van der Waals surface area contributed by atoms with E-state index in [9.17, 15) is 0 Å². The van der Waals surface area contributed by atoms with Crippen LogP contribution >= 0.6 is 0 Å². The van der Waals surface area contributed by atoms with E-state index in [4.69, 9.17) is 15.0 Å². The third-order valence-corrected chi connectivity index (χ3v) is 11.6. The van der Waals surface area contributed by atoms with E-state index in [0.717, 1.165) is 41.5 Å². The molecule has 1 unspecified atom stereocenters. The van der Waals surface area contributed by atoms with Gasteiger partial charge in [0, 0.05) is 45.2 Å². The minimum Gasteiger partial charge on any atom is -0.340 e. The number of rotatable bonds is 5. The molecular weight excluding hydrogens is 683 g/mol. The van der Waals surface area contributed by atoms with Crippen LogP contribution in [0.25, 0.3) is 73.8 Å². The molecule has 266 valence electrons. The van der Waals surface area contributed by atoms with E-state index in [1.807, 2.05) is 36.4 Å². The first kappa shape index (κ1) is 32.3. The lowest BCUT2D eigenvalue weighted by atomic mass is 9.76. The second kappa shape index (κ2) is 13.0. The number of hydrogen-bond acceptors (Lipinski definition) is 4. The Kier molecular flexibility index (Phi) is 7.52. The van der Waals surface area contributed by atoms with E-state index < -0.39 is 0 Å². The maximum absolute atomic E-state index is 5.19. The predicted octanol–water partition coefficient (Wildman–Crippen LogP) is 12.3.